The van der Waals surface area contributed by atoms with Crippen LogP contribution in [-0.2, 0) is 19.1 Å². The van der Waals surface area contributed by atoms with Gasteiger partial charge in [-0.25, -0.2) is 0 Å². The lowest BCUT2D eigenvalue weighted by Crippen LogP contribution is -2.57. The van der Waals surface area contributed by atoms with Crippen LogP contribution in [0.1, 0.15) is 64.5 Å². The number of thioether (sulfide) groups is 1. The Morgan fingerprint density at radius 2 is 1.92 bits per heavy atom. The minimum atomic E-state index is -0.813. The molecule has 0 aromatic heterocycles. The summed E-state index contributed by atoms with van der Waals surface area (Å²) in [6, 6.07) is 7.71. The zero-order valence-electron chi connectivity index (χ0n) is 23.4. The number of carbonyl (C=O) groups is 3. The van der Waals surface area contributed by atoms with E-state index in [0.717, 1.165) is 24.8 Å². The van der Waals surface area contributed by atoms with Gasteiger partial charge in [0.1, 0.15) is 6.04 Å². The number of ether oxygens (including phenoxy) is 1. The second-order valence-corrected chi connectivity index (χ2v) is 13.3. The van der Waals surface area contributed by atoms with Crippen molar-refractivity contribution in [3.8, 4) is 0 Å². The highest BCUT2D eigenvalue weighted by atomic mass is 32.2. The number of rotatable bonds is 13. The molecule has 0 saturated carbocycles. The number of aliphatic hydroxyl groups excluding tert-OH is 1. The number of likely N-dealkylation sites (tertiary alicyclic amines) is 1. The third-order valence-electron chi connectivity index (χ3n) is 8.67. The minimum absolute atomic E-state index is 0.109. The van der Waals surface area contributed by atoms with E-state index < -0.39 is 33.4 Å². The number of amides is 2. The van der Waals surface area contributed by atoms with Crippen molar-refractivity contribution in [1.29, 1.82) is 0 Å². The Bertz CT molecular complexity index is 1090. The first-order valence-corrected chi connectivity index (χ1v) is 14.9. The fourth-order valence-electron chi connectivity index (χ4n) is 6.87. The first-order valence-electron chi connectivity index (χ1n) is 14.0. The minimum Gasteiger partial charge on any atom is -0.465 e. The van der Waals surface area contributed by atoms with Crippen LogP contribution in [0, 0.1) is 11.8 Å². The molecule has 39 heavy (non-hydrogen) atoms. The maximum absolute atomic E-state index is 14.5. The van der Waals surface area contributed by atoms with Crippen LogP contribution in [0.15, 0.2) is 55.6 Å². The lowest BCUT2D eigenvalue weighted by Gasteiger charge is -2.40. The number of esters is 1. The van der Waals surface area contributed by atoms with E-state index in [0.29, 0.717) is 26.0 Å². The summed E-state index contributed by atoms with van der Waals surface area (Å²) in [5.74, 6) is -2.10. The van der Waals surface area contributed by atoms with E-state index in [-0.39, 0.29) is 30.4 Å². The molecule has 2 unspecified atom stereocenters. The molecule has 0 aliphatic carbocycles. The molecule has 1 aromatic rings. The summed E-state index contributed by atoms with van der Waals surface area (Å²) in [5.41, 5.74) is 0.759. The summed E-state index contributed by atoms with van der Waals surface area (Å²) in [6.45, 7) is 13.8. The number of benzene rings is 1. The predicted octanol–water partition coefficient (Wildman–Crippen LogP) is 4.52. The van der Waals surface area contributed by atoms with E-state index in [1.807, 2.05) is 57.2 Å². The van der Waals surface area contributed by atoms with Gasteiger partial charge in [0.2, 0.25) is 11.8 Å². The number of hydrogen-bond acceptors (Lipinski definition) is 6. The number of carbonyl (C=O) groups excluding carboxylic acids is 3. The van der Waals surface area contributed by atoms with Gasteiger partial charge in [0.15, 0.2) is 0 Å². The number of nitrogens with zero attached hydrogens (tertiary/aromatic N) is 2. The van der Waals surface area contributed by atoms with Crippen molar-refractivity contribution in [2.75, 3.05) is 19.8 Å². The first-order chi connectivity index (χ1) is 18.7. The van der Waals surface area contributed by atoms with Gasteiger partial charge in [-0.2, -0.15) is 0 Å². The van der Waals surface area contributed by atoms with Gasteiger partial charge in [-0.05, 0) is 58.4 Å². The molecule has 7 nitrogen and oxygen atoms in total. The van der Waals surface area contributed by atoms with Gasteiger partial charge >= 0.3 is 5.97 Å². The largest absolute Gasteiger partial charge is 0.465 e. The monoisotopic (exact) mass is 554 g/mol. The average Bonchev–Trinajstić information content (AvgIpc) is 3.48. The number of aliphatic hydroxyl groups is 1. The van der Waals surface area contributed by atoms with Crippen LogP contribution >= 0.6 is 11.8 Å². The Hall–Kier alpha value is -2.58. The molecule has 3 heterocycles. The molecule has 3 saturated heterocycles. The van der Waals surface area contributed by atoms with Crippen LogP contribution in [-0.4, -0.2) is 74.0 Å². The summed E-state index contributed by atoms with van der Waals surface area (Å²) in [5, 5.41) is 10.6. The summed E-state index contributed by atoms with van der Waals surface area (Å²) >= 11 is 1.62. The van der Waals surface area contributed by atoms with Gasteiger partial charge in [-0.1, -0.05) is 42.5 Å². The number of fused-ring (bicyclic) bond motifs is 1. The molecule has 3 aliphatic rings. The van der Waals surface area contributed by atoms with Gasteiger partial charge in [0, 0.05) is 17.3 Å². The van der Waals surface area contributed by atoms with E-state index in [4.69, 9.17) is 4.74 Å². The van der Waals surface area contributed by atoms with Crippen molar-refractivity contribution in [2.24, 2.45) is 11.8 Å². The Kier molecular flexibility index (Phi) is 8.96. The van der Waals surface area contributed by atoms with Gasteiger partial charge in [-0.3, -0.25) is 14.4 Å². The lowest BCUT2D eigenvalue weighted by molar-refractivity contribution is -0.156. The second-order valence-electron chi connectivity index (χ2n) is 11.4. The van der Waals surface area contributed by atoms with E-state index >= 15 is 0 Å². The van der Waals surface area contributed by atoms with Crippen molar-refractivity contribution >= 4 is 29.5 Å². The van der Waals surface area contributed by atoms with E-state index in [2.05, 4.69) is 13.2 Å². The molecule has 212 valence electrons. The fraction of sp³-hybridized carbons (Fsp3) is 0.581. The average molecular weight is 555 g/mol. The Morgan fingerprint density at radius 1 is 1.21 bits per heavy atom. The molecular weight excluding hydrogens is 512 g/mol. The van der Waals surface area contributed by atoms with Crippen molar-refractivity contribution in [3.05, 3.63) is 61.2 Å². The molecule has 1 aromatic carbocycles. The Morgan fingerprint density at radius 3 is 2.54 bits per heavy atom. The standard InChI is InChI=1S/C31H42N2O5S/c1-6-8-9-13-19-38-29(37)25-24-27(35)33(23(20-34)22-14-11-10-12-15-22)26(28(36)32(18-7-2)21(3)4)31(24)17-16-30(25,5)39-31/h6-7,10-12,14-15,21,23-26,34H,1-2,8-9,13,16-20H2,3-5H3/t23-,24+,25+,26?,30-,31?/m1/s1. The highest BCUT2D eigenvalue weighted by Gasteiger charge is 2.78. The maximum atomic E-state index is 14.5. The zero-order chi connectivity index (χ0) is 28.4. The van der Waals surface area contributed by atoms with Gasteiger partial charge in [-0.15, -0.1) is 24.9 Å². The predicted molar refractivity (Wildman–Crippen MR) is 154 cm³/mol. The molecule has 2 amide bonds. The molecular formula is C31H42N2O5S. The normalized spacial score (nSPS) is 29.8. The van der Waals surface area contributed by atoms with Crippen LogP contribution in [0.3, 0.4) is 0 Å². The highest BCUT2D eigenvalue weighted by molar-refractivity contribution is 8.02. The molecule has 6 atom stereocenters. The molecule has 1 spiro atoms. The topological polar surface area (TPSA) is 87.1 Å². The lowest BCUT2D eigenvalue weighted by atomic mass is 9.66. The molecule has 8 heteroatoms. The molecule has 0 radical (unpaired) electrons. The van der Waals surface area contributed by atoms with E-state index in [1.165, 1.54) is 0 Å². The number of unbranched alkanes of at least 4 members (excludes halogenated alkanes) is 2. The Balaban J connectivity index is 1.76. The van der Waals surface area contributed by atoms with Crippen LogP contribution in [0.5, 0.6) is 0 Å². The van der Waals surface area contributed by atoms with Crippen molar-refractivity contribution in [2.45, 2.75) is 80.5 Å². The van der Waals surface area contributed by atoms with Crippen molar-refractivity contribution in [3.63, 3.8) is 0 Å². The van der Waals surface area contributed by atoms with Crippen molar-refractivity contribution in [1.82, 2.24) is 9.80 Å². The quantitative estimate of drug-likeness (QED) is 0.219. The fourth-order valence-corrected chi connectivity index (χ4v) is 9.20. The summed E-state index contributed by atoms with van der Waals surface area (Å²) in [4.78, 5) is 45.9. The van der Waals surface area contributed by atoms with E-state index in [9.17, 15) is 19.5 Å². The van der Waals surface area contributed by atoms with Crippen LogP contribution in [0.4, 0.5) is 0 Å². The summed E-state index contributed by atoms with van der Waals surface area (Å²) < 4.78 is 4.49. The van der Waals surface area contributed by atoms with E-state index in [1.54, 1.807) is 27.6 Å². The highest BCUT2D eigenvalue weighted by Crippen LogP contribution is 2.72. The number of hydrogen-bond donors (Lipinski definition) is 1. The summed E-state index contributed by atoms with van der Waals surface area (Å²) in [6.07, 6.45) is 7.38. The summed E-state index contributed by atoms with van der Waals surface area (Å²) in [7, 11) is 0. The third kappa shape index (κ3) is 5.06. The molecule has 3 aliphatic heterocycles. The second kappa shape index (κ2) is 11.9. The van der Waals surface area contributed by atoms with Gasteiger partial charge in [0.05, 0.1) is 35.8 Å². The first kappa shape index (κ1) is 29.4. The molecule has 3 fully saturated rings. The molecule has 1 N–H and O–H groups in total. The van der Waals surface area contributed by atoms with Crippen molar-refractivity contribution < 1.29 is 24.2 Å². The smallest absolute Gasteiger partial charge is 0.311 e. The van der Waals surface area contributed by atoms with Gasteiger partial charge < -0.3 is 19.6 Å². The molecule has 4 rings (SSSR count). The maximum Gasteiger partial charge on any atom is 0.311 e. The van der Waals surface area contributed by atoms with Gasteiger partial charge in [0.25, 0.3) is 0 Å². The van der Waals surface area contributed by atoms with Crippen LogP contribution in [0.2, 0.25) is 0 Å². The van der Waals surface area contributed by atoms with Crippen LogP contribution < -0.4 is 0 Å². The zero-order valence-corrected chi connectivity index (χ0v) is 24.2. The number of allylic oxidation sites excluding steroid dienone is 1. The van der Waals surface area contributed by atoms with Crippen LogP contribution in [0.25, 0.3) is 0 Å². The SMILES string of the molecule is C=CCCCCOC(=O)[C@@H]1[C@H]2C(=O)N([C@H](CO)c3ccccc3)C(C(=O)N(CC=C)C(C)C)C23CC[C@@]1(C)S3. The third-order valence-corrected chi connectivity index (χ3v) is 10.7. The Labute approximate surface area is 236 Å². The molecule has 2 bridgehead atoms.